The van der Waals surface area contributed by atoms with Crippen molar-refractivity contribution in [3.8, 4) is 0 Å². The zero-order valence-electron chi connectivity index (χ0n) is 33.8. The Kier molecular flexibility index (Phi) is 16.6. The summed E-state index contributed by atoms with van der Waals surface area (Å²) in [6, 6.07) is 24.3. The number of aliphatic hydroxyl groups excluding tert-OH is 1. The zero-order chi connectivity index (χ0) is 39.0. The molecule has 3 N–H and O–H groups in total. The van der Waals surface area contributed by atoms with Crippen molar-refractivity contribution < 1.29 is 19.4 Å². The smallest absolute Gasteiger partial charge is 0.326 e. The van der Waals surface area contributed by atoms with E-state index in [1.54, 1.807) is 0 Å². The van der Waals surface area contributed by atoms with Gasteiger partial charge in [-0.3, -0.25) is 9.36 Å². The number of aromatic amines is 1. The quantitative estimate of drug-likeness (QED) is 0.0688. The van der Waals surface area contributed by atoms with Crippen LogP contribution in [0, 0.1) is 0 Å². The van der Waals surface area contributed by atoms with Gasteiger partial charge in [-0.2, -0.15) is 0 Å². The van der Waals surface area contributed by atoms with Gasteiger partial charge in [0.15, 0.2) is 6.29 Å². The van der Waals surface area contributed by atoms with Gasteiger partial charge in [0.2, 0.25) is 5.91 Å². The Balaban J connectivity index is 0.949. The number of piperidine rings is 1. The van der Waals surface area contributed by atoms with E-state index in [-0.39, 0.29) is 36.5 Å². The van der Waals surface area contributed by atoms with Gasteiger partial charge in [0.05, 0.1) is 29.8 Å². The Bertz CT molecular complexity index is 1790. The molecule has 1 aromatic heterocycles. The standard InChI is InChI=1S/C47H66N4O5/c1-2-3-4-5-6-7-8-9-10-11-12-13-14-19-45(53)48-33-36-20-26-39(27-21-36)46-55-41(32-44(56-46)38-24-22-37(35-52)23-25-38)34-50-30-28-40(29-31-50)51-43-18-16-15-17-42(43)49-47(51)54/h15-18,20-27,40-41,44,46,52H,2-14,19,28-35H2,1H3,(H,48,53)(H,49,54)/t41-,44+,46?/m0/s1. The molecule has 56 heavy (non-hydrogen) atoms. The lowest BCUT2D eigenvalue weighted by atomic mass is 9.98. The predicted molar refractivity (Wildman–Crippen MR) is 224 cm³/mol. The van der Waals surface area contributed by atoms with Gasteiger partial charge >= 0.3 is 5.69 Å². The van der Waals surface area contributed by atoms with E-state index in [1.165, 1.54) is 70.6 Å². The Morgan fingerprint density at radius 1 is 0.768 bits per heavy atom. The van der Waals surface area contributed by atoms with Crippen molar-refractivity contribution in [2.24, 2.45) is 0 Å². The SMILES string of the molecule is CCCCCCCCCCCCCCCC(=O)NCc1ccc(C2O[C@H](CN3CCC(n4c(=O)[nH]c5ccccc54)CC3)C[C@H](c3ccc(CO)cc3)O2)cc1. The molecular weight excluding hydrogens is 701 g/mol. The second-order valence-corrected chi connectivity index (χ2v) is 16.2. The Morgan fingerprint density at radius 3 is 2.04 bits per heavy atom. The van der Waals surface area contributed by atoms with E-state index in [1.807, 2.05) is 53.1 Å². The minimum absolute atomic E-state index is 0.00698. The summed E-state index contributed by atoms with van der Waals surface area (Å²) in [5, 5.41) is 12.7. The molecule has 0 aliphatic carbocycles. The summed E-state index contributed by atoms with van der Waals surface area (Å²) in [7, 11) is 0. The van der Waals surface area contributed by atoms with E-state index < -0.39 is 6.29 Å². The number of carbonyl (C=O) groups excluding carboxylic acids is 1. The minimum atomic E-state index is -0.530. The molecule has 3 heterocycles. The number of H-pyrrole nitrogens is 1. The van der Waals surface area contributed by atoms with Crippen LogP contribution in [0.5, 0.6) is 0 Å². The van der Waals surface area contributed by atoms with Gasteiger partial charge in [0, 0.05) is 50.6 Å². The van der Waals surface area contributed by atoms with Crippen LogP contribution < -0.4 is 11.0 Å². The van der Waals surface area contributed by atoms with Crippen LogP contribution >= 0.6 is 0 Å². The highest BCUT2D eigenvalue weighted by Gasteiger charge is 2.34. The maximum absolute atomic E-state index is 12.9. The molecule has 0 radical (unpaired) electrons. The molecule has 2 fully saturated rings. The molecule has 1 amide bonds. The fraction of sp³-hybridized carbons (Fsp3) is 0.574. The Labute approximate surface area is 334 Å². The lowest BCUT2D eigenvalue weighted by Gasteiger charge is -2.40. The van der Waals surface area contributed by atoms with Gasteiger partial charge in [-0.1, -0.05) is 145 Å². The molecule has 3 aromatic carbocycles. The first-order valence-electron chi connectivity index (χ1n) is 21.8. The zero-order valence-corrected chi connectivity index (χ0v) is 33.8. The average molecular weight is 767 g/mol. The second kappa shape index (κ2) is 22.3. The van der Waals surface area contributed by atoms with Gasteiger partial charge in [-0.15, -0.1) is 0 Å². The summed E-state index contributed by atoms with van der Waals surface area (Å²) in [4.78, 5) is 30.9. The van der Waals surface area contributed by atoms with Crippen molar-refractivity contribution in [2.45, 2.75) is 154 Å². The van der Waals surface area contributed by atoms with Crippen molar-refractivity contribution in [1.29, 1.82) is 0 Å². The van der Waals surface area contributed by atoms with E-state index in [2.05, 4.69) is 46.4 Å². The van der Waals surface area contributed by atoms with Gasteiger partial charge in [0.1, 0.15) is 0 Å². The van der Waals surface area contributed by atoms with E-state index in [9.17, 15) is 14.7 Å². The third kappa shape index (κ3) is 12.4. The summed E-state index contributed by atoms with van der Waals surface area (Å²) >= 11 is 0. The maximum Gasteiger partial charge on any atom is 0.326 e. The second-order valence-electron chi connectivity index (χ2n) is 16.2. The number of hydrogen-bond acceptors (Lipinski definition) is 6. The summed E-state index contributed by atoms with van der Waals surface area (Å²) in [6.07, 6.45) is 19.3. The number of carbonyl (C=O) groups is 1. The van der Waals surface area contributed by atoms with Gasteiger partial charge < -0.3 is 29.8 Å². The number of nitrogens with one attached hydrogen (secondary N) is 2. The van der Waals surface area contributed by atoms with E-state index in [4.69, 9.17) is 9.47 Å². The molecular formula is C47H66N4O5. The third-order valence-electron chi connectivity index (χ3n) is 11.9. The van der Waals surface area contributed by atoms with E-state index >= 15 is 0 Å². The number of imidazole rings is 1. The summed E-state index contributed by atoms with van der Waals surface area (Å²) in [6.45, 7) is 5.34. The molecule has 4 aromatic rings. The van der Waals surface area contributed by atoms with Crippen LogP contribution in [0.25, 0.3) is 11.0 Å². The van der Waals surface area contributed by atoms with E-state index in [0.29, 0.717) is 13.0 Å². The molecule has 304 valence electrons. The maximum atomic E-state index is 12.9. The lowest BCUT2D eigenvalue weighted by molar-refractivity contribution is -0.253. The third-order valence-corrected chi connectivity index (χ3v) is 11.9. The first-order chi connectivity index (χ1) is 27.5. The van der Waals surface area contributed by atoms with Crippen LogP contribution in [0.1, 0.15) is 157 Å². The first kappa shape index (κ1) is 41.9. The van der Waals surface area contributed by atoms with Crippen LogP contribution in [0.15, 0.2) is 77.6 Å². The van der Waals surface area contributed by atoms with E-state index in [0.717, 1.165) is 85.0 Å². The highest BCUT2D eigenvalue weighted by Crippen LogP contribution is 2.39. The highest BCUT2D eigenvalue weighted by molar-refractivity contribution is 5.76. The molecule has 1 unspecified atom stereocenters. The van der Waals surface area contributed by atoms with Crippen molar-refractivity contribution in [1.82, 2.24) is 19.8 Å². The number of fused-ring (bicyclic) bond motifs is 1. The molecule has 0 bridgehead atoms. The van der Waals surface area contributed by atoms with Crippen LogP contribution in [0.2, 0.25) is 0 Å². The summed E-state index contributed by atoms with van der Waals surface area (Å²) in [5.41, 5.74) is 5.77. The van der Waals surface area contributed by atoms with Crippen LogP contribution in [-0.4, -0.2) is 51.2 Å². The van der Waals surface area contributed by atoms with Crippen LogP contribution in [-0.2, 0) is 27.4 Å². The van der Waals surface area contributed by atoms with Gasteiger partial charge in [-0.25, -0.2) is 4.79 Å². The molecule has 9 heteroatoms. The number of benzene rings is 3. The summed E-state index contributed by atoms with van der Waals surface area (Å²) < 4.78 is 15.2. The van der Waals surface area contributed by atoms with Crippen LogP contribution in [0.3, 0.4) is 0 Å². The van der Waals surface area contributed by atoms with Gasteiger partial charge in [0.25, 0.3) is 0 Å². The number of para-hydroxylation sites is 2. The van der Waals surface area contributed by atoms with Crippen molar-refractivity contribution in [3.63, 3.8) is 0 Å². The number of nitrogens with zero attached hydrogens (tertiary/aromatic N) is 2. The predicted octanol–water partition coefficient (Wildman–Crippen LogP) is 9.80. The molecule has 2 saturated heterocycles. The number of hydrogen-bond donors (Lipinski definition) is 3. The number of aliphatic hydroxyl groups is 1. The largest absolute Gasteiger partial charge is 0.392 e. The normalized spacial score (nSPS) is 19.4. The molecule has 9 nitrogen and oxygen atoms in total. The fourth-order valence-corrected chi connectivity index (χ4v) is 8.50. The number of aromatic nitrogens is 2. The highest BCUT2D eigenvalue weighted by atomic mass is 16.7. The first-order valence-corrected chi connectivity index (χ1v) is 21.8. The average Bonchev–Trinajstić information content (AvgIpc) is 3.57. The monoisotopic (exact) mass is 767 g/mol. The molecule has 6 rings (SSSR count). The van der Waals surface area contributed by atoms with Gasteiger partial charge in [-0.05, 0) is 48.1 Å². The minimum Gasteiger partial charge on any atom is -0.392 e. The number of unbranched alkanes of at least 4 members (excludes halogenated alkanes) is 12. The van der Waals surface area contributed by atoms with Crippen LogP contribution in [0.4, 0.5) is 0 Å². The number of likely N-dealkylation sites (tertiary alicyclic amines) is 1. The van der Waals surface area contributed by atoms with Crippen molar-refractivity contribution in [2.75, 3.05) is 19.6 Å². The lowest BCUT2D eigenvalue weighted by Crippen LogP contribution is -2.43. The van der Waals surface area contributed by atoms with Crippen molar-refractivity contribution >= 4 is 16.9 Å². The van der Waals surface area contributed by atoms with Crippen molar-refractivity contribution in [3.05, 3.63) is 106 Å². The Morgan fingerprint density at radius 2 is 1.38 bits per heavy atom. The number of ether oxygens (including phenoxy) is 2. The topological polar surface area (TPSA) is 109 Å². The number of rotatable bonds is 22. The Hall–Kier alpha value is -3.76. The molecule has 0 spiro atoms. The molecule has 0 saturated carbocycles. The number of amides is 1. The molecule has 2 aliphatic rings. The molecule has 2 aliphatic heterocycles. The summed E-state index contributed by atoms with van der Waals surface area (Å²) in [5.74, 6) is 0.117. The molecule has 3 atom stereocenters. The fourth-order valence-electron chi connectivity index (χ4n) is 8.50.